The molecule has 0 bridgehead atoms. The van der Waals surface area contributed by atoms with E-state index in [0.29, 0.717) is 17.8 Å². The van der Waals surface area contributed by atoms with E-state index in [-0.39, 0.29) is 0 Å². The topological polar surface area (TPSA) is 9.23 Å². The number of ether oxygens (including phenoxy) is 1. The molecule has 2 unspecified atom stereocenters. The van der Waals surface area contributed by atoms with Crippen molar-refractivity contribution in [1.82, 2.24) is 0 Å². The smallest absolute Gasteiger partial charge is 0.134 e. The first-order valence-electron chi connectivity index (χ1n) is 9.70. The molecule has 1 nitrogen and oxygen atoms in total. The van der Waals surface area contributed by atoms with Crippen molar-refractivity contribution in [2.24, 2.45) is 17.8 Å². The van der Waals surface area contributed by atoms with E-state index in [1.807, 2.05) is 0 Å². The van der Waals surface area contributed by atoms with Crippen LogP contribution in [0.25, 0.3) is 5.57 Å². The summed E-state index contributed by atoms with van der Waals surface area (Å²) in [5.74, 6) is 3.56. The molecule has 0 amide bonds. The van der Waals surface area contributed by atoms with Crippen LogP contribution < -0.4 is 0 Å². The fourth-order valence-electron chi connectivity index (χ4n) is 3.80. The molecule has 1 heterocycles. The Hall–Kier alpha value is -2.28. The highest BCUT2D eigenvalue weighted by atomic mass is 16.5. The largest absolute Gasteiger partial charge is 0.461 e. The van der Waals surface area contributed by atoms with Crippen molar-refractivity contribution in [2.45, 2.75) is 40.5 Å². The zero-order chi connectivity index (χ0) is 18.7. The van der Waals surface area contributed by atoms with Gasteiger partial charge in [-0.2, -0.15) is 0 Å². The Balaban J connectivity index is 1.97. The average molecular weight is 347 g/mol. The Morgan fingerprint density at radius 3 is 2.58 bits per heavy atom. The molecular formula is C25H30O. The molecule has 1 aromatic rings. The van der Waals surface area contributed by atoms with Gasteiger partial charge in [0.15, 0.2) is 0 Å². The van der Waals surface area contributed by atoms with E-state index in [4.69, 9.17) is 4.74 Å². The van der Waals surface area contributed by atoms with Gasteiger partial charge in [-0.3, -0.25) is 0 Å². The molecule has 0 aromatic heterocycles. The number of hydrogen-bond donors (Lipinski definition) is 0. The monoisotopic (exact) mass is 346 g/mol. The van der Waals surface area contributed by atoms with Crippen molar-refractivity contribution in [1.29, 1.82) is 0 Å². The predicted octanol–water partition coefficient (Wildman–Crippen LogP) is 7.07. The van der Waals surface area contributed by atoms with Gasteiger partial charge in [0.05, 0.1) is 0 Å². The molecule has 0 N–H and O–H groups in total. The Bertz CT molecular complexity index is 787. The molecule has 0 saturated carbocycles. The lowest BCUT2D eigenvalue weighted by Crippen LogP contribution is -2.16. The Morgan fingerprint density at radius 1 is 1.19 bits per heavy atom. The summed E-state index contributed by atoms with van der Waals surface area (Å²) in [6.45, 7) is 13.0. The Labute approximate surface area is 158 Å². The van der Waals surface area contributed by atoms with Crippen LogP contribution in [0.3, 0.4) is 0 Å². The summed E-state index contributed by atoms with van der Waals surface area (Å²) in [4.78, 5) is 0. The maximum absolute atomic E-state index is 6.40. The molecule has 0 fully saturated rings. The minimum Gasteiger partial charge on any atom is -0.461 e. The molecule has 0 spiro atoms. The van der Waals surface area contributed by atoms with Gasteiger partial charge in [-0.25, -0.2) is 0 Å². The lowest BCUT2D eigenvalue weighted by atomic mass is 9.77. The predicted molar refractivity (Wildman–Crippen MR) is 111 cm³/mol. The van der Waals surface area contributed by atoms with Crippen molar-refractivity contribution in [3.05, 3.63) is 89.4 Å². The van der Waals surface area contributed by atoms with Crippen LogP contribution in [0.15, 0.2) is 83.9 Å². The zero-order valence-electron chi connectivity index (χ0n) is 16.5. The Kier molecular flexibility index (Phi) is 5.66. The van der Waals surface area contributed by atoms with Gasteiger partial charge in [0.2, 0.25) is 0 Å². The first kappa shape index (κ1) is 18.5. The maximum atomic E-state index is 6.40. The molecule has 2 atom stereocenters. The fourth-order valence-corrected chi connectivity index (χ4v) is 3.80. The second-order valence-electron chi connectivity index (χ2n) is 7.68. The first-order chi connectivity index (χ1) is 12.5. The normalized spacial score (nSPS) is 22.6. The molecule has 0 saturated heterocycles. The van der Waals surface area contributed by atoms with Crippen LogP contribution >= 0.6 is 0 Å². The van der Waals surface area contributed by atoms with Crippen LogP contribution in [0, 0.1) is 17.8 Å². The van der Waals surface area contributed by atoms with Gasteiger partial charge in [-0.05, 0) is 53.9 Å². The quantitative estimate of drug-likeness (QED) is 0.518. The van der Waals surface area contributed by atoms with Crippen LogP contribution in [0.2, 0.25) is 0 Å². The summed E-state index contributed by atoms with van der Waals surface area (Å²) in [6, 6.07) is 10.6. The van der Waals surface area contributed by atoms with Crippen LogP contribution in [0.4, 0.5) is 0 Å². The van der Waals surface area contributed by atoms with Gasteiger partial charge in [-0.15, -0.1) is 0 Å². The van der Waals surface area contributed by atoms with Crippen molar-refractivity contribution < 1.29 is 4.74 Å². The standard InChI is InChI=1S/C25H30O/c1-6-10-18(4)22-13-14-23(20-11-8-7-9-12-20)25-24(22)16-21(26-25)15-19(5)17(2)3/h6-12,14-15,17-18,22H,5,13,16H2,1-4H3/b10-6?,21-15+. The van der Waals surface area contributed by atoms with Crippen LogP contribution in [-0.2, 0) is 4.74 Å². The zero-order valence-corrected chi connectivity index (χ0v) is 16.5. The summed E-state index contributed by atoms with van der Waals surface area (Å²) >= 11 is 0. The summed E-state index contributed by atoms with van der Waals surface area (Å²) < 4.78 is 6.40. The summed E-state index contributed by atoms with van der Waals surface area (Å²) in [5, 5.41) is 0. The fraction of sp³-hybridized carbons (Fsp3) is 0.360. The lowest BCUT2D eigenvalue weighted by Gasteiger charge is -2.26. The molecule has 3 rings (SSSR count). The lowest BCUT2D eigenvalue weighted by molar-refractivity contribution is 0.338. The number of hydrogen-bond acceptors (Lipinski definition) is 1. The highest BCUT2D eigenvalue weighted by molar-refractivity contribution is 5.80. The molecular weight excluding hydrogens is 316 g/mol. The van der Waals surface area contributed by atoms with E-state index < -0.39 is 0 Å². The van der Waals surface area contributed by atoms with Crippen LogP contribution in [0.1, 0.15) is 46.1 Å². The van der Waals surface area contributed by atoms with E-state index in [0.717, 1.165) is 29.9 Å². The van der Waals surface area contributed by atoms with E-state index in [9.17, 15) is 0 Å². The summed E-state index contributed by atoms with van der Waals surface area (Å²) in [6.07, 6.45) is 10.9. The third-order valence-corrected chi connectivity index (χ3v) is 5.46. The minimum atomic E-state index is 0.436. The van der Waals surface area contributed by atoms with Crippen molar-refractivity contribution in [3.63, 3.8) is 0 Å². The van der Waals surface area contributed by atoms with Gasteiger partial charge >= 0.3 is 0 Å². The number of allylic oxidation sites excluding steroid dienone is 7. The van der Waals surface area contributed by atoms with Crippen molar-refractivity contribution in [2.75, 3.05) is 0 Å². The highest BCUT2D eigenvalue weighted by Gasteiger charge is 2.34. The van der Waals surface area contributed by atoms with Crippen molar-refractivity contribution in [3.8, 4) is 0 Å². The molecule has 2 aliphatic rings. The molecule has 136 valence electrons. The van der Waals surface area contributed by atoms with Crippen molar-refractivity contribution >= 4 is 5.57 Å². The average Bonchev–Trinajstić information content (AvgIpc) is 3.05. The van der Waals surface area contributed by atoms with E-state index in [1.54, 1.807) is 0 Å². The first-order valence-corrected chi connectivity index (χ1v) is 9.70. The number of rotatable bonds is 5. The SMILES string of the molecule is C=C(/C=C1\CC2=C(O1)C(c1ccccc1)=CCC2C(C)C=CC)C(C)C. The number of benzene rings is 1. The molecule has 26 heavy (non-hydrogen) atoms. The van der Waals surface area contributed by atoms with Gasteiger partial charge in [0, 0.05) is 12.0 Å². The molecule has 1 aromatic carbocycles. The maximum Gasteiger partial charge on any atom is 0.134 e. The van der Waals surface area contributed by atoms with Crippen LogP contribution in [0.5, 0.6) is 0 Å². The molecule has 0 radical (unpaired) electrons. The van der Waals surface area contributed by atoms with Gasteiger partial charge in [-0.1, -0.05) is 75.9 Å². The third kappa shape index (κ3) is 3.77. The summed E-state index contributed by atoms with van der Waals surface area (Å²) in [5.41, 5.74) is 5.05. The van der Waals surface area contributed by atoms with Gasteiger partial charge in [0.25, 0.3) is 0 Å². The Morgan fingerprint density at radius 2 is 1.92 bits per heavy atom. The van der Waals surface area contributed by atoms with E-state index in [1.165, 1.54) is 16.7 Å². The van der Waals surface area contributed by atoms with Gasteiger partial charge in [0.1, 0.15) is 11.5 Å². The van der Waals surface area contributed by atoms with E-state index in [2.05, 4.69) is 88.9 Å². The van der Waals surface area contributed by atoms with E-state index >= 15 is 0 Å². The molecule has 1 aliphatic heterocycles. The summed E-state index contributed by atoms with van der Waals surface area (Å²) in [7, 11) is 0. The second kappa shape index (κ2) is 7.95. The minimum absolute atomic E-state index is 0.436. The third-order valence-electron chi connectivity index (χ3n) is 5.46. The van der Waals surface area contributed by atoms with Crippen LogP contribution in [-0.4, -0.2) is 0 Å². The highest BCUT2D eigenvalue weighted by Crippen LogP contribution is 2.47. The molecule has 1 aliphatic carbocycles. The van der Waals surface area contributed by atoms with Gasteiger partial charge < -0.3 is 4.74 Å². The molecule has 1 heteroatoms. The second-order valence-corrected chi connectivity index (χ2v) is 7.68.